The van der Waals surface area contributed by atoms with Gasteiger partial charge in [-0.05, 0) is 32.4 Å². The summed E-state index contributed by atoms with van der Waals surface area (Å²) in [5.74, 6) is -0.206. The molecule has 0 aliphatic carbocycles. The van der Waals surface area contributed by atoms with Gasteiger partial charge in [-0.25, -0.2) is 0 Å². The van der Waals surface area contributed by atoms with Crippen molar-refractivity contribution in [2.24, 2.45) is 0 Å². The van der Waals surface area contributed by atoms with Crippen molar-refractivity contribution in [2.45, 2.75) is 26.8 Å². The van der Waals surface area contributed by atoms with E-state index in [0.717, 1.165) is 18.7 Å². The van der Waals surface area contributed by atoms with Crippen LogP contribution in [0.4, 0.5) is 11.4 Å². The number of amides is 1. The van der Waals surface area contributed by atoms with E-state index in [1.54, 1.807) is 13.8 Å². The minimum absolute atomic E-state index is 0.0188. The maximum absolute atomic E-state index is 12.0. The molecular formula is C17H23N5O3. The second-order valence-corrected chi connectivity index (χ2v) is 5.89. The lowest BCUT2D eigenvalue weighted by atomic mass is 10.3. The van der Waals surface area contributed by atoms with E-state index < -0.39 is 4.92 Å². The highest BCUT2D eigenvalue weighted by atomic mass is 16.6. The van der Waals surface area contributed by atoms with E-state index in [9.17, 15) is 14.9 Å². The Morgan fingerprint density at radius 2 is 2.00 bits per heavy atom. The van der Waals surface area contributed by atoms with Crippen LogP contribution in [0.25, 0.3) is 0 Å². The van der Waals surface area contributed by atoms with Gasteiger partial charge in [-0.3, -0.25) is 19.6 Å². The van der Waals surface area contributed by atoms with Crippen molar-refractivity contribution in [3.05, 3.63) is 51.8 Å². The van der Waals surface area contributed by atoms with Crippen molar-refractivity contribution in [1.29, 1.82) is 0 Å². The first-order valence-corrected chi connectivity index (χ1v) is 8.11. The number of hydrogen-bond acceptors (Lipinski definition) is 5. The zero-order valence-electron chi connectivity index (χ0n) is 14.7. The third-order valence-corrected chi connectivity index (χ3v) is 4.01. The van der Waals surface area contributed by atoms with Crippen molar-refractivity contribution in [2.75, 3.05) is 25.0 Å². The first kappa shape index (κ1) is 18.4. The van der Waals surface area contributed by atoms with Gasteiger partial charge < -0.3 is 10.2 Å². The van der Waals surface area contributed by atoms with Crippen molar-refractivity contribution in [1.82, 2.24) is 15.1 Å². The smallest absolute Gasteiger partial charge is 0.312 e. The van der Waals surface area contributed by atoms with Crippen LogP contribution in [0.15, 0.2) is 30.3 Å². The van der Waals surface area contributed by atoms with Gasteiger partial charge in [0.05, 0.1) is 4.92 Å². The van der Waals surface area contributed by atoms with E-state index in [1.165, 1.54) is 4.68 Å². The first-order valence-electron chi connectivity index (χ1n) is 8.11. The van der Waals surface area contributed by atoms with Crippen LogP contribution in [0, 0.1) is 24.0 Å². The van der Waals surface area contributed by atoms with Gasteiger partial charge in [0.25, 0.3) is 0 Å². The molecule has 25 heavy (non-hydrogen) atoms. The Morgan fingerprint density at radius 3 is 2.60 bits per heavy atom. The summed E-state index contributed by atoms with van der Waals surface area (Å²) < 4.78 is 1.37. The third kappa shape index (κ3) is 4.79. The summed E-state index contributed by atoms with van der Waals surface area (Å²) in [7, 11) is 2.01. The van der Waals surface area contributed by atoms with E-state index in [4.69, 9.17) is 0 Å². The van der Waals surface area contributed by atoms with Gasteiger partial charge in [-0.2, -0.15) is 5.10 Å². The van der Waals surface area contributed by atoms with Gasteiger partial charge in [-0.1, -0.05) is 18.2 Å². The largest absolute Gasteiger partial charge is 0.375 e. The summed E-state index contributed by atoms with van der Waals surface area (Å²) >= 11 is 0. The minimum Gasteiger partial charge on any atom is -0.375 e. The number of nitro groups is 1. The maximum atomic E-state index is 12.0. The topological polar surface area (TPSA) is 93.3 Å². The average molecular weight is 345 g/mol. The van der Waals surface area contributed by atoms with Crippen LogP contribution >= 0.6 is 0 Å². The van der Waals surface area contributed by atoms with Crippen molar-refractivity contribution >= 4 is 17.3 Å². The molecular weight excluding hydrogens is 322 g/mol. The van der Waals surface area contributed by atoms with Crippen LogP contribution < -0.4 is 10.2 Å². The van der Waals surface area contributed by atoms with Crippen LogP contribution in [-0.2, 0) is 11.3 Å². The normalized spacial score (nSPS) is 10.5. The molecule has 0 unspecified atom stereocenters. The van der Waals surface area contributed by atoms with E-state index in [-0.39, 0.29) is 18.1 Å². The van der Waals surface area contributed by atoms with E-state index in [2.05, 4.69) is 15.3 Å². The summed E-state index contributed by atoms with van der Waals surface area (Å²) in [5.41, 5.74) is 1.81. The van der Waals surface area contributed by atoms with Gasteiger partial charge >= 0.3 is 5.69 Å². The van der Waals surface area contributed by atoms with Gasteiger partial charge in [0, 0.05) is 25.8 Å². The predicted octanol–water partition coefficient (Wildman–Crippen LogP) is 2.05. The second-order valence-electron chi connectivity index (χ2n) is 5.89. The second kappa shape index (κ2) is 8.27. The van der Waals surface area contributed by atoms with Crippen molar-refractivity contribution < 1.29 is 9.72 Å². The lowest BCUT2D eigenvalue weighted by Crippen LogP contribution is -2.31. The number of hydrogen-bond donors (Lipinski definition) is 1. The van der Waals surface area contributed by atoms with Crippen LogP contribution in [0.1, 0.15) is 17.8 Å². The molecule has 8 heteroatoms. The van der Waals surface area contributed by atoms with E-state index in [1.807, 2.05) is 37.4 Å². The molecule has 1 amide bonds. The molecule has 134 valence electrons. The Balaban J connectivity index is 1.78. The van der Waals surface area contributed by atoms with Gasteiger partial charge in [0.2, 0.25) is 5.91 Å². The van der Waals surface area contributed by atoms with Crippen LogP contribution in [-0.4, -0.2) is 40.7 Å². The molecule has 0 saturated carbocycles. The molecule has 0 fully saturated rings. The van der Waals surface area contributed by atoms with E-state index in [0.29, 0.717) is 17.9 Å². The molecule has 0 atom stereocenters. The molecule has 0 saturated heterocycles. The number of nitrogens with zero attached hydrogens (tertiary/aromatic N) is 4. The molecule has 0 aliphatic rings. The Hall–Kier alpha value is -2.90. The van der Waals surface area contributed by atoms with Crippen molar-refractivity contribution in [3.8, 4) is 0 Å². The molecule has 2 rings (SSSR count). The quantitative estimate of drug-likeness (QED) is 0.449. The SMILES string of the molecule is Cc1nn(CC(=O)NCCCN(C)c2ccccc2)c(C)c1[N+](=O)[O-]. The zero-order chi connectivity index (χ0) is 18.4. The predicted molar refractivity (Wildman–Crippen MR) is 95.7 cm³/mol. The molecule has 2 aromatic rings. The zero-order valence-corrected chi connectivity index (χ0v) is 14.7. The fourth-order valence-corrected chi connectivity index (χ4v) is 2.65. The number of nitrogens with one attached hydrogen (secondary N) is 1. The Bertz CT molecular complexity index is 742. The lowest BCUT2D eigenvalue weighted by molar-refractivity contribution is -0.386. The van der Waals surface area contributed by atoms with Crippen LogP contribution in [0.3, 0.4) is 0 Å². The Kier molecular flexibility index (Phi) is 6.10. The fraction of sp³-hybridized carbons (Fsp3) is 0.412. The van der Waals surface area contributed by atoms with E-state index >= 15 is 0 Å². The molecule has 1 heterocycles. The number of para-hydroxylation sites is 1. The summed E-state index contributed by atoms with van der Waals surface area (Å²) in [4.78, 5) is 24.6. The minimum atomic E-state index is -0.467. The number of anilines is 1. The molecule has 0 bridgehead atoms. The third-order valence-electron chi connectivity index (χ3n) is 4.01. The number of aryl methyl sites for hydroxylation is 1. The van der Waals surface area contributed by atoms with Crippen LogP contribution in [0.5, 0.6) is 0 Å². The highest BCUT2D eigenvalue weighted by Gasteiger charge is 2.22. The summed E-state index contributed by atoms with van der Waals surface area (Å²) in [5, 5.41) is 17.9. The molecule has 0 aliphatic heterocycles. The summed E-state index contributed by atoms with van der Waals surface area (Å²) in [6, 6.07) is 10.0. The van der Waals surface area contributed by atoms with Crippen molar-refractivity contribution in [3.63, 3.8) is 0 Å². The molecule has 1 N–H and O–H groups in total. The van der Waals surface area contributed by atoms with Gasteiger partial charge in [0.1, 0.15) is 17.9 Å². The molecule has 1 aromatic carbocycles. The highest BCUT2D eigenvalue weighted by Crippen LogP contribution is 2.21. The maximum Gasteiger partial charge on any atom is 0.312 e. The molecule has 1 aromatic heterocycles. The lowest BCUT2D eigenvalue weighted by Gasteiger charge is -2.19. The van der Waals surface area contributed by atoms with Crippen LogP contribution in [0.2, 0.25) is 0 Å². The van der Waals surface area contributed by atoms with Gasteiger partial charge in [-0.15, -0.1) is 0 Å². The number of benzene rings is 1. The number of aromatic nitrogens is 2. The fourth-order valence-electron chi connectivity index (χ4n) is 2.65. The molecule has 8 nitrogen and oxygen atoms in total. The number of rotatable bonds is 8. The Morgan fingerprint density at radius 1 is 1.32 bits per heavy atom. The standard InChI is InChI=1S/C17H23N5O3/c1-13-17(22(24)25)14(2)21(19-13)12-16(23)18-10-7-11-20(3)15-8-5-4-6-9-15/h4-6,8-9H,7,10-12H2,1-3H3,(H,18,23). The number of carbonyl (C=O) groups excluding carboxylic acids is 1. The Labute approximate surface area is 146 Å². The monoisotopic (exact) mass is 345 g/mol. The summed E-state index contributed by atoms with van der Waals surface area (Å²) in [6.07, 6.45) is 0.800. The molecule has 0 spiro atoms. The number of carbonyl (C=O) groups is 1. The first-order chi connectivity index (χ1) is 11.9. The average Bonchev–Trinajstić information content (AvgIpc) is 2.86. The van der Waals surface area contributed by atoms with Gasteiger partial charge in [0.15, 0.2) is 0 Å². The highest BCUT2D eigenvalue weighted by molar-refractivity contribution is 5.75. The summed E-state index contributed by atoms with van der Waals surface area (Å²) in [6.45, 7) is 4.50. The molecule has 0 radical (unpaired) electrons.